The molecule has 0 radical (unpaired) electrons. The van der Waals surface area contributed by atoms with Crippen molar-refractivity contribution in [1.82, 2.24) is 14.3 Å². The molecule has 0 bridgehead atoms. The third kappa shape index (κ3) is 4.90. The van der Waals surface area contributed by atoms with Gasteiger partial charge in [-0.15, -0.1) is 0 Å². The van der Waals surface area contributed by atoms with Crippen LogP contribution in [0.1, 0.15) is 34.2 Å². The van der Waals surface area contributed by atoms with E-state index in [4.69, 9.17) is 0 Å². The number of aryl methyl sites for hydroxylation is 2. The Morgan fingerprint density at radius 1 is 1.03 bits per heavy atom. The van der Waals surface area contributed by atoms with Gasteiger partial charge in [0.2, 0.25) is 10.0 Å². The molecule has 7 nitrogen and oxygen atoms in total. The Morgan fingerprint density at radius 2 is 1.67 bits per heavy atom. The Balaban J connectivity index is 1.69. The lowest BCUT2D eigenvalue weighted by Gasteiger charge is -2.16. The molecule has 0 unspecified atom stereocenters. The van der Waals surface area contributed by atoms with Gasteiger partial charge in [0.25, 0.3) is 5.91 Å². The number of aromatic nitrogens is 2. The lowest BCUT2D eigenvalue weighted by atomic mass is 10.1. The summed E-state index contributed by atoms with van der Waals surface area (Å²) < 4.78 is 26.6. The summed E-state index contributed by atoms with van der Waals surface area (Å²) in [6.07, 6.45) is 3.60. The van der Waals surface area contributed by atoms with Crippen LogP contribution in [0.5, 0.6) is 0 Å². The molecule has 1 amide bonds. The van der Waals surface area contributed by atoms with Crippen molar-refractivity contribution in [2.75, 3.05) is 12.4 Å². The second-order valence-electron chi connectivity index (χ2n) is 6.93. The van der Waals surface area contributed by atoms with Gasteiger partial charge in [-0.1, -0.05) is 42.8 Å². The van der Waals surface area contributed by atoms with Gasteiger partial charge in [0, 0.05) is 25.1 Å². The van der Waals surface area contributed by atoms with Crippen molar-refractivity contribution in [3.8, 4) is 0 Å². The zero-order chi connectivity index (χ0) is 21.7. The first kappa shape index (κ1) is 21.6. The van der Waals surface area contributed by atoms with Crippen LogP contribution >= 0.6 is 0 Å². The van der Waals surface area contributed by atoms with Gasteiger partial charge in [-0.05, 0) is 37.1 Å². The summed E-state index contributed by atoms with van der Waals surface area (Å²) in [5.74, 6) is -0.0122. The smallest absolute Gasteiger partial charge is 0.258 e. The van der Waals surface area contributed by atoms with Crippen LogP contribution in [0.15, 0.2) is 65.8 Å². The standard InChI is InChI=1S/C22H24N4O3S/c1-4-17-7-5-6-8-20(17)25-22(27)18-13-23-21(24-14-18)15-26(3)30(28,29)19-11-9-16(2)10-12-19/h5-14H,4,15H2,1-3H3,(H,25,27). The van der Waals surface area contributed by atoms with E-state index < -0.39 is 10.0 Å². The molecular weight excluding hydrogens is 400 g/mol. The highest BCUT2D eigenvalue weighted by atomic mass is 32.2. The topological polar surface area (TPSA) is 92.3 Å². The monoisotopic (exact) mass is 424 g/mol. The molecule has 0 spiro atoms. The number of sulfonamides is 1. The molecule has 1 heterocycles. The molecule has 0 saturated carbocycles. The third-order valence-corrected chi connectivity index (χ3v) is 6.52. The van der Waals surface area contributed by atoms with E-state index in [-0.39, 0.29) is 17.3 Å². The van der Waals surface area contributed by atoms with Gasteiger partial charge >= 0.3 is 0 Å². The molecule has 1 aromatic heterocycles. The van der Waals surface area contributed by atoms with E-state index in [9.17, 15) is 13.2 Å². The van der Waals surface area contributed by atoms with Crippen LogP contribution in [-0.2, 0) is 23.0 Å². The largest absolute Gasteiger partial charge is 0.322 e. The Morgan fingerprint density at radius 3 is 2.30 bits per heavy atom. The molecule has 8 heteroatoms. The fourth-order valence-electron chi connectivity index (χ4n) is 2.87. The summed E-state index contributed by atoms with van der Waals surface area (Å²) in [6, 6.07) is 14.2. The highest BCUT2D eigenvalue weighted by Gasteiger charge is 2.21. The first-order chi connectivity index (χ1) is 14.3. The number of benzene rings is 2. The van der Waals surface area contributed by atoms with Crippen LogP contribution < -0.4 is 5.32 Å². The van der Waals surface area contributed by atoms with Crippen LogP contribution in [0.25, 0.3) is 0 Å². The predicted octanol–water partition coefficient (Wildman–Crippen LogP) is 3.42. The van der Waals surface area contributed by atoms with Crippen molar-refractivity contribution >= 4 is 21.6 Å². The van der Waals surface area contributed by atoms with Gasteiger partial charge in [-0.25, -0.2) is 18.4 Å². The minimum Gasteiger partial charge on any atom is -0.322 e. The van der Waals surface area contributed by atoms with Crippen LogP contribution in [0.2, 0.25) is 0 Å². The molecule has 3 aromatic rings. The summed E-state index contributed by atoms with van der Waals surface area (Å²) >= 11 is 0. The number of carbonyl (C=O) groups excluding carboxylic acids is 1. The first-order valence-electron chi connectivity index (χ1n) is 9.54. The average molecular weight is 425 g/mol. The zero-order valence-electron chi connectivity index (χ0n) is 17.2. The minimum atomic E-state index is -3.65. The molecule has 2 aromatic carbocycles. The third-order valence-electron chi connectivity index (χ3n) is 4.71. The average Bonchev–Trinajstić information content (AvgIpc) is 2.75. The van der Waals surface area contributed by atoms with E-state index in [1.54, 1.807) is 24.3 Å². The number of nitrogens with one attached hydrogen (secondary N) is 1. The maximum Gasteiger partial charge on any atom is 0.258 e. The number of hydrogen-bond acceptors (Lipinski definition) is 5. The summed E-state index contributed by atoms with van der Waals surface area (Å²) in [7, 11) is -2.18. The van der Waals surface area contributed by atoms with E-state index in [0.29, 0.717) is 11.4 Å². The van der Waals surface area contributed by atoms with E-state index in [2.05, 4.69) is 15.3 Å². The van der Waals surface area contributed by atoms with Crippen LogP contribution in [-0.4, -0.2) is 35.6 Å². The van der Waals surface area contributed by atoms with Gasteiger partial charge in [0.1, 0.15) is 5.82 Å². The second-order valence-corrected chi connectivity index (χ2v) is 8.97. The summed E-state index contributed by atoms with van der Waals surface area (Å²) in [6.45, 7) is 3.91. The molecule has 0 atom stereocenters. The lowest BCUT2D eigenvalue weighted by molar-refractivity contribution is 0.102. The molecule has 156 valence electrons. The van der Waals surface area contributed by atoms with Gasteiger partial charge in [-0.3, -0.25) is 4.79 Å². The maximum atomic E-state index is 12.7. The zero-order valence-corrected chi connectivity index (χ0v) is 18.0. The fraction of sp³-hybridized carbons (Fsp3) is 0.227. The molecule has 0 aliphatic rings. The van der Waals surface area contributed by atoms with Crippen LogP contribution in [0.4, 0.5) is 5.69 Å². The number of carbonyl (C=O) groups is 1. The minimum absolute atomic E-state index is 0.00320. The number of hydrogen-bond donors (Lipinski definition) is 1. The number of amides is 1. The maximum absolute atomic E-state index is 12.7. The summed E-state index contributed by atoms with van der Waals surface area (Å²) in [5, 5.41) is 2.86. The fourth-order valence-corrected chi connectivity index (χ4v) is 4.00. The Bertz CT molecular complexity index is 1130. The van der Waals surface area contributed by atoms with Crippen molar-refractivity contribution < 1.29 is 13.2 Å². The number of nitrogens with zero attached hydrogens (tertiary/aromatic N) is 3. The molecule has 0 aliphatic carbocycles. The summed E-state index contributed by atoms with van der Waals surface area (Å²) in [5.41, 5.74) is 3.06. The molecule has 0 saturated heterocycles. The lowest BCUT2D eigenvalue weighted by Crippen LogP contribution is -2.27. The Hall–Kier alpha value is -3.10. The van der Waals surface area contributed by atoms with E-state index in [1.165, 1.54) is 23.7 Å². The van der Waals surface area contributed by atoms with Crippen LogP contribution in [0.3, 0.4) is 0 Å². The molecule has 0 aliphatic heterocycles. The van der Waals surface area contributed by atoms with E-state index in [1.807, 2.05) is 38.1 Å². The summed E-state index contributed by atoms with van der Waals surface area (Å²) in [4.78, 5) is 21.0. The normalized spacial score (nSPS) is 11.5. The van der Waals surface area contributed by atoms with Crippen molar-refractivity contribution in [3.05, 3.63) is 83.4 Å². The van der Waals surface area contributed by atoms with Gasteiger partial charge < -0.3 is 5.32 Å². The molecule has 30 heavy (non-hydrogen) atoms. The first-order valence-corrected chi connectivity index (χ1v) is 11.0. The van der Waals surface area contributed by atoms with Crippen molar-refractivity contribution in [2.45, 2.75) is 31.7 Å². The Kier molecular flexibility index (Phi) is 6.59. The van der Waals surface area contributed by atoms with Gasteiger partial charge in [0.05, 0.1) is 17.0 Å². The highest BCUT2D eigenvalue weighted by Crippen LogP contribution is 2.18. The van der Waals surface area contributed by atoms with Crippen molar-refractivity contribution in [1.29, 1.82) is 0 Å². The van der Waals surface area contributed by atoms with Crippen molar-refractivity contribution in [3.63, 3.8) is 0 Å². The van der Waals surface area contributed by atoms with Gasteiger partial charge in [-0.2, -0.15) is 4.31 Å². The quantitative estimate of drug-likeness (QED) is 0.627. The SMILES string of the molecule is CCc1ccccc1NC(=O)c1cnc(CN(C)S(=O)(=O)c2ccc(C)cc2)nc1. The number of anilines is 1. The molecule has 0 fully saturated rings. The van der Waals surface area contributed by atoms with Gasteiger partial charge in [0.15, 0.2) is 0 Å². The Labute approximate surface area is 176 Å². The molecule has 1 N–H and O–H groups in total. The van der Waals surface area contributed by atoms with E-state index >= 15 is 0 Å². The molecular formula is C22H24N4O3S. The number of rotatable bonds is 7. The number of para-hydroxylation sites is 1. The highest BCUT2D eigenvalue weighted by molar-refractivity contribution is 7.89. The molecule has 3 rings (SSSR count). The van der Waals surface area contributed by atoms with E-state index in [0.717, 1.165) is 23.2 Å². The second kappa shape index (κ2) is 9.15. The predicted molar refractivity (Wildman–Crippen MR) is 116 cm³/mol. The van der Waals surface area contributed by atoms with Crippen LogP contribution in [0, 0.1) is 6.92 Å². The van der Waals surface area contributed by atoms with Crippen molar-refractivity contribution in [2.24, 2.45) is 0 Å².